The lowest BCUT2D eigenvalue weighted by atomic mass is 9.93. The lowest BCUT2D eigenvalue weighted by Gasteiger charge is -2.27. The molecule has 3 rings (SSSR count). The SMILES string of the molecule is CC(=O)C1=C(C)NC(=O)NC1c1cc2ccc(C)cc2[nH]c1=O. The maximum Gasteiger partial charge on any atom is 0.319 e. The van der Waals surface area contributed by atoms with Gasteiger partial charge < -0.3 is 15.6 Å². The fraction of sp³-hybridized carbons (Fsp3) is 0.235. The van der Waals surface area contributed by atoms with Crippen molar-refractivity contribution in [2.45, 2.75) is 26.8 Å². The van der Waals surface area contributed by atoms with E-state index in [-0.39, 0.29) is 11.3 Å². The quantitative estimate of drug-likeness (QED) is 0.792. The fourth-order valence-corrected chi connectivity index (χ4v) is 2.94. The van der Waals surface area contributed by atoms with Gasteiger partial charge in [-0.05, 0) is 43.9 Å². The maximum atomic E-state index is 12.5. The van der Waals surface area contributed by atoms with Crippen molar-refractivity contribution >= 4 is 22.7 Å². The van der Waals surface area contributed by atoms with Gasteiger partial charge in [-0.1, -0.05) is 12.1 Å². The van der Waals surface area contributed by atoms with E-state index in [0.717, 1.165) is 16.5 Å². The number of amides is 2. The first-order chi connectivity index (χ1) is 10.9. The number of rotatable bonds is 2. The Morgan fingerprint density at radius 3 is 2.57 bits per heavy atom. The number of pyridine rings is 1. The first kappa shape index (κ1) is 15.0. The Kier molecular flexibility index (Phi) is 3.52. The van der Waals surface area contributed by atoms with Gasteiger partial charge in [0, 0.05) is 22.4 Å². The van der Waals surface area contributed by atoms with Crippen molar-refractivity contribution in [3.63, 3.8) is 0 Å². The van der Waals surface area contributed by atoms with E-state index >= 15 is 0 Å². The van der Waals surface area contributed by atoms with Crippen molar-refractivity contribution in [3.8, 4) is 0 Å². The van der Waals surface area contributed by atoms with E-state index in [1.165, 1.54) is 6.92 Å². The second-order valence-corrected chi connectivity index (χ2v) is 5.77. The summed E-state index contributed by atoms with van der Waals surface area (Å²) in [4.78, 5) is 39.0. The molecule has 2 amide bonds. The number of carbonyl (C=O) groups is 2. The summed E-state index contributed by atoms with van der Waals surface area (Å²) in [5.41, 5.74) is 2.65. The molecule has 0 saturated carbocycles. The number of H-pyrrole nitrogens is 1. The summed E-state index contributed by atoms with van der Waals surface area (Å²) in [5, 5.41) is 6.08. The van der Waals surface area contributed by atoms with Crippen LogP contribution in [0.2, 0.25) is 0 Å². The summed E-state index contributed by atoms with van der Waals surface area (Å²) < 4.78 is 0. The molecule has 0 spiro atoms. The Balaban J connectivity index is 2.22. The molecule has 2 aromatic rings. The molecule has 0 saturated heterocycles. The van der Waals surface area contributed by atoms with E-state index in [0.29, 0.717) is 16.8 Å². The summed E-state index contributed by atoms with van der Waals surface area (Å²) in [7, 11) is 0. The third kappa shape index (κ3) is 2.63. The number of fused-ring (bicyclic) bond motifs is 1. The maximum absolute atomic E-state index is 12.5. The minimum Gasteiger partial charge on any atom is -0.327 e. The molecule has 0 bridgehead atoms. The molecule has 1 aromatic heterocycles. The average molecular weight is 311 g/mol. The van der Waals surface area contributed by atoms with Crippen LogP contribution in [0.5, 0.6) is 0 Å². The first-order valence-corrected chi connectivity index (χ1v) is 7.29. The van der Waals surface area contributed by atoms with Crippen LogP contribution in [0.4, 0.5) is 4.79 Å². The molecule has 2 heterocycles. The number of Topliss-reactive ketones (excluding diaryl/α,β-unsaturated/α-hetero) is 1. The summed E-state index contributed by atoms with van der Waals surface area (Å²) in [6.45, 7) is 5.02. The number of urea groups is 1. The van der Waals surface area contributed by atoms with Crippen molar-refractivity contribution in [2.24, 2.45) is 0 Å². The van der Waals surface area contributed by atoms with Crippen molar-refractivity contribution < 1.29 is 9.59 Å². The Bertz CT molecular complexity index is 924. The zero-order valence-electron chi connectivity index (χ0n) is 13.1. The van der Waals surface area contributed by atoms with Gasteiger partial charge in [0.2, 0.25) is 0 Å². The largest absolute Gasteiger partial charge is 0.327 e. The normalized spacial score (nSPS) is 17.9. The molecule has 0 radical (unpaired) electrons. The van der Waals surface area contributed by atoms with Gasteiger partial charge in [-0.25, -0.2) is 4.79 Å². The molecule has 0 fully saturated rings. The second-order valence-electron chi connectivity index (χ2n) is 5.77. The van der Waals surface area contributed by atoms with Crippen LogP contribution in [-0.4, -0.2) is 16.8 Å². The van der Waals surface area contributed by atoms with E-state index < -0.39 is 12.1 Å². The molecule has 0 aliphatic carbocycles. The summed E-state index contributed by atoms with van der Waals surface area (Å²) >= 11 is 0. The molecule has 1 aliphatic rings. The van der Waals surface area contributed by atoms with Crippen LogP contribution >= 0.6 is 0 Å². The average Bonchev–Trinajstić information content (AvgIpc) is 2.44. The monoisotopic (exact) mass is 311 g/mol. The van der Waals surface area contributed by atoms with Gasteiger partial charge in [-0.15, -0.1) is 0 Å². The third-order valence-electron chi connectivity index (χ3n) is 3.99. The van der Waals surface area contributed by atoms with Crippen LogP contribution in [0.1, 0.15) is 31.0 Å². The molecule has 118 valence electrons. The predicted molar refractivity (Wildman–Crippen MR) is 87.1 cm³/mol. The molecule has 1 unspecified atom stereocenters. The van der Waals surface area contributed by atoms with E-state index in [1.54, 1.807) is 13.0 Å². The Labute approximate surface area is 132 Å². The minimum atomic E-state index is -0.754. The highest BCUT2D eigenvalue weighted by Crippen LogP contribution is 2.26. The number of hydrogen-bond acceptors (Lipinski definition) is 3. The highest BCUT2D eigenvalue weighted by molar-refractivity contribution is 5.98. The van der Waals surface area contributed by atoms with Crippen LogP contribution in [0.25, 0.3) is 10.9 Å². The zero-order valence-corrected chi connectivity index (χ0v) is 13.1. The van der Waals surface area contributed by atoms with E-state index in [4.69, 9.17) is 0 Å². The highest BCUT2D eigenvalue weighted by atomic mass is 16.2. The van der Waals surface area contributed by atoms with Gasteiger partial charge in [-0.3, -0.25) is 9.59 Å². The molecule has 6 nitrogen and oxygen atoms in total. The molecular weight excluding hydrogens is 294 g/mol. The number of aromatic amines is 1. The number of hydrogen-bond donors (Lipinski definition) is 3. The molecular formula is C17H17N3O3. The van der Waals surface area contributed by atoms with Crippen LogP contribution in [0, 0.1) is 6.92 Å². The third-order valence-corrected chi connectivity index (χ3v) is 3.99. The van der Waals surface area contributed by atoms with Gasteiger partial charge in [0.1, 0.15) is 0 Å². The minimum absolute atomic E-state index is 0.191. The van der Waals surface area contributed by atoms with Crippen LogP contribution in [-0.2, 0) is 4.79 Å². The molecule has 1 aliphatic heterocycles. The lowest BCUT2D eigenvalue weighted by Crippen LogP contribution is -2.46. The fourth-order valence-electron chi connectivity index (χ4n) is 2.94. The van der Waals surface area contributed by atoms with Gasteiger partial charge in [0.25, 0.3) is 5.56 Å². The Morgan fingerprint density at radius 2 is 1.87 bits per heavy atom. The number of ketones is 1. The second kappa shape index (κ2) is 5.39. The summed E-state index contributed by atoms with van der Waals surface area (Å²) in [6, 6.07) is 6.26. The number of aryl methyl sites for hydroxylation is 1. The predicted octanol–water partition coefficient (Wildman–Crippen LogP) is 2.05. The Hall–Kier alpha value is -2.89. The molecule has 23 heavy (non-hydrogen) atoms. The lowest BCUT2D eigenvalue weighted by molar-refractivity contribution is -0.114. The van der Waals surface area contributed by atoms with Crippen LogP contribution < -0.4 is 16.2 Å². The molecule has 1 atom stereocenters. The smallest absolute Gasteiger partial charge is 0.319 e. The number of carbonyl (C=O) groups excluding carboxylic acids is 2. The van der Waals surface area contributed by atoms with E-state index in [1.807, 2.05) is 25.1 Å². The standard InChI is InChI=1S/C17H17N3O3/c1-8-4-5-11-7-12(16(22)19-13(11)6-8)15-14(10(3)21)9(2)18-17(23)20-15/h4-7,15H,1-3H3,(H,19,22)(H2,18,20,23). The molecule has 3 N–H and O–H groups in total. The van der Waals surface area contributed by atoms with Crippen LogP contribution in [0.15, 0.2) is 40.3 Å². The van der Waals surface area contributed by atoms with Gasteiger partial charge in [-0.2, -0.15) is 0 Å². The zero-order chi connectivity index (χ0) is 16.7. The number of benzene rings is 1. The molecule has 6 heteroatoms. The van der Waals surface area contributed by atoms with Crippen molar-refractivity contribution in [1.82, 2.24) is 15.6 Å². The first-order valence-electron chi connectivity index (χ1n) is 7.29. The topological polar surface area (TPSA) is 91.1 Å². The van der Waals surface area contributed by atoms with Crippen LogP contribution in [0.3, 0.4) is 0 Å². The van der Waals surface area contributed by atoms with Crippen molar-refractivity contribution in [3.05, 3.63) is 57.0 Å². The van der Waals surface area contributed by atoms with Crippen molar-refractivity contribution in [1.29, 1.82) is 0 Å². The van der Waals surface area contributed by atoms with Crippen molar-refractivity contribution in [2.75, 3.05) is 0 Å². The Morgan fingerprint density at radius 1 is 1.13 bits per heavy atom. The van der Waals surface area contributed by atoms with E-state index in [9.17, 15) is 14.4 Å². The number of nitrogens with one attached hydrogen (secondary N) is 3. The van der Waals surface area contributed by atoms with Gasteiger partial charge in [0.15, 0.2) is 5.78 Å². The van der Waals surface area contributed by atoms with Gasteiger partial charge in [0.05, 0.1) is 6.04 Å². The molecule has 1 aromatic carbocycles. The summed E-state index contributed by atoms with van der Waals surface area (Å²) in [6.07, 6.45) is 0. The highest BCUT2D eigenvalue weighted by Gasteiger charge is 2.30. The summed E-state index contributed by atoms with van der Waals surface area (Å²) in [5.74, 6) is -0.191. The van der Waals surface area contributed by atoms with Gasteiger partial charge >= 0.3 is 6.03 Å². The van der Waals surface area contributed by atoms with E-state index in [2.05, 4.69) is 15.6 Å². The number of allylic oxidation sites excluding steroid dienone is 1. The number of aromatic nitrogens is 1.